The highest BCUT2D eigenvalue weighted by Gasteiger charge is 2.09. The molecule has 0 bridgehead atoms. The van der Waals surface area contributed by atoms with E-state index in [1.54, 1.807) is 12.3 Å². The molecular formula is C18H22N2O2. The van der Waals surface area contributed by atoms with Gasteiger partial charge in [-0.15, -0.1) is 6.58 Å². The fraction of sp³-hybridized carbons (Fsp3) is 0.333. The van der Waals surface area contributed by atoms with Crippen molar-refractivity contribution in [2.24, 2.45) is 0 Å². The maximum absolute atomic E-state index is 11.5. The molecule has 0 aliphatic rings. The van der Waals surface area contributed by atoms with Gasteiger partial charge in [-0.3, -0.25) is 4.79 Å². The topological polar surface area (TPSA) is 55.1 Å². The van der Waals surface area contributed by atoms with Crippen LogP contribution in [0, 0.1) is 0 Å². The highest BCUT2D eigenvalue weighted by Crippen LogP contribution is 2.23. The van der Waals surface area contributed by atoms with Gasteiger partial charge in [0.15, 0.2) is 11.7 Å². The summed E-state index contributed by atoms with van der Waals surface area (Å²) in [6.07, 6.45) is 4.22. The van der Waals surface area contributed by atoms with Crippen LogP contribution in [0.3, 0.4) is 0 Å². The van der Waals surface area contributed by atoms with Crippen molar-refractivity contribution in [1.29, 1.82) is 0 Å². The van der Waals surface area contributed by atoms with Crippen molar-refractivity contribution in [3.63, 3.8) is 0 Å². The summed E-state index contributed by atoms with van der Waals surface area (Å²) in [4.78, 5) is 15.8. The third-order valence-corrected chi connectivity index (χ3v) is 3.42. The van der Waals surface area contributed by atoms with Crippen LogP contribution in [0.4, 0.5) is 0 Å². The molecule has 0 aliphatic heterocycles. The molecule has 0 unspecified atom stereocenters. The second kappa shape index (κ2) is 7.59. The molecule has 1 aromatic heterocycles. The van der Waals surface area contributed by atoms with Crippen LogP contribution in [0.2, 0.25) is 0 Å². The first-order valence-corrected chi connectivity index (χ1v) is 7.52. The average Bonchev–Trinajstić information content (AvgIpc) is 3.00. The number of benzene rings is 1. The van der Waals surface area contributed by atoms with Gasteiger partial charge in [-0.05, 0) is 11.5 Å². The minimum Gasteiger partial charge on any atom is -0.441 e. The minimum absolute atomic E-state index is 0.0269. The zero-order valence-electron chi connectivity index (χ0n) is 13.1. The minimum atomic E-state index is -0.0269. The summed E-state index contributed by atoms with van der Waals surface area (Å²) >= 11 is 0. The number of oxazole rings is 1. The lowest BCUT2D eigenvalue weighted by molar-refractivity contribution is -0.120. The van der Waals surface area contributed by atoms with Crippen molar-refractivity contribution < 1.29 is 9.21 Å². The number of amides is 1. The van der Waals surface area contributed by atoms with Crippen LogP contribution in [0.25, 0.3) is 11.3 Å². The SMILES string of the molecule is C=CCNC(=O)CCc1ncc(-c2ccc(C(C)C)cc2)o1. The van der Waals surface area contributed by atoms with Gasteiger partial charge in [0.25, 0.3) is 0 Å². The molecule has 1 heterocycles. The van der Waals surface area contributed by atoms with Gasteiger partial charge in [0.1, 0.15) is 0 Å². The summed E-state index contributed by atoms with van der Waals surface area (Å²) in [5.41, 5.74) is 2.29. The Hall–Kier alpha value is -2.36. The molecule has 116 valence electrons. The van der Waals surface area contributed by atoms with Crippen LogP contribution in [0.15, 0.2) is 47.5 Å². The van der Waals surface area contributed by atoms with E-state index in [2.05, 4.69) is 42.9 Å². The van der Waals surface area contributed by atoms with Gasteiger partial charge in [-0.1, -0.05) is 44.2 Å². The zero-order chi connectivity index (χ0) is 15.9. The van der Waals surface area contributed by atoms with E-state index in [1.165, 1.54) is 5.56 Å². The predicted octanol–water partition coefficient (Wildman–Crippen LogP) is 3.70. The molecule has 0 spiro atoms. The molecule has 2 rings (SSSR count). The largest absolute Gasteiger partial charge is 0.441 e. The first-order valence-electron chi connectivity index (χ1n) is 7.52. The molecule has 4 nitrogen and oxygen atoms in total. The van der Waals surface area contributed by atoms with E-state index in [0.29, 0.717) is 31.2 Å². The van der Waals surface area contributed by atoms with Crippen LogP contribution >= 0.6 is 0 Å². The number of nitrogens with zero attached hydrogens (tertiary/aromatic N) is 1. The predicted molar refractivity (Wildman–Crippen MR) is 87.6 cm³/mol. The van der Waals surface area contributed by atoms with Crippen molar-refractivity contribution in [1.82, 2.24) is 10.3 Å². The highest BCUT2D eigenvalue weighted by atomic mass is 16.4. The van der Waals surface area contributed by atoms with E-state index in [1.807, 2.05) is 12.1 Å². The third kappa shape index (κ3) is 4.32. The van der Waals surface area contributed by atoms with Crippen molar-refractivity contribution in [3.05, 3.63) is 54.6 Å². The summed E-state index contributed by atoms with van der Waals surface area (Å²) < 4.78 is 5.71. The lowest BCUT2D eigenvalue weighted by atomic mass is 10.0. The molecule has 0 saturated heterocycles. The number of carbonyl (C=O) groups is 1. The maximum atomic E-state index is 11.5. The summed E-state index contributed by atoms with van der Waals surface area (Å²) in [7, 11) is 0. The fourth-order valence-electron chi connectivity index (χ4n) is 2.09. The van der Waals surface area contributed by atoms with E-state index >= 15 is 0 Å². The Labute approximate surface area is 131 Å². The van der Waals surface area contributed by atoms with Gasteiger partial charge < -0.3 is 9.73 Å². The molecule has 0 radical (unpaired) electrons. The molecule has 0 fully saturated rings. The Morgan fingerprint density at radius 1 is 1.36 bits per heavy atom. The van der Waals surface area contributed by atoms with Gasteiger partial charge in [0, 0.05) is 24.9 Å². The normalized spacial score (nSPS) is 10.7. The van der Waals surface area contributed by atoms with E-state index in [4.69, 9.17) is 4.42 Å². The van der Waals surface area contributed by atoms with Crippen molar-refractivity contribution in [2.75, 3.05) is 6.54 Å². The number of nitrogens with one attached hydrogen (secondary N) is 1. The Kier molecular flexibility index (Phi) is 5.53. The van der Waals surface area contributed by atoms with E-state index in [0.717, 1.165) is 11.3 Å². The summed E-state index contributed by atoms with van der Waals surface area (Å²) in [6, 6.07) is 8.28. The lowest BCUT2D eigenvalue weighted by Gasteiger charge is -2.05. The van der Waals surface area contributed by atoms with Crippen LogP contribution < -0.4 is 5.32 Å². The number of aromatic nitrogens is 1. The average molecular weight is 298 g/mol. The fourth-order valence-corrected chi connectivity index (χ4v) is 2.09. The number of carbonyl (C=O) groups excluding carboxylic acids is 1. The van der Waals surface area contributed by atoms with E-state index in [9.17, 15) is 4.79 Å². The van der Waals surface area contributed by atoms with Crippen LogP contribution in [0.1, 0.15) is 37.6 Å². The standard InChI is InChI=1S/C18H22N2O2/c1-4-11-19-17(21)9-10-18-20-12-16(22-18)15-7-5-14(6-8-15)13(2)3/h4-8,12-13H,1,9-11H2,2-3H3,(H,19,21). The van der Waals surface area contributed by atoms with E-state index in [-0.39, 0.29) is 5.91 Å². The monoisotopic (exact) mass is 298 g/mol. The molecule has 1 amide bonds. The molecule has 1 N–H and O–H groups in total. The Balaban J connectivity index is 1.96. The van der Waals surface area contributed by atoms with Gasteiger partial charge in [-0.2, -0.15) is 0 Å². The van der Waals surface area contributed by atoms with Crippen molar-refractivity contribution in [3.8, 4) is 11.3 Å². The molecule has 22 heavy (non-hydrogen) atoms. The number of aryl methyl sites for hydroxylation is 1. The Morgan fingerprint density at radius 3 is 2.73 bits per heavy atom. The van der Waals surface area contributed by atoms with Gasteiger partial charge in [0.05, 0.1) is 6.20 Å². The molecule has 4 heteroatoms. The summed E-state index contributed by atoms with van der Waals surface area (Å²) in [5.74, 6) is 1.79. The number of hydrogen-bond donors (Lipinski definition) is 1. The first-order chi connectivity index (χ1) is 10.6. The van der Waals surface area contributed by atoms with Gasteiger partial charge in [0.2, 0.25) is 5.91 Å². The second-order valence-corrected chi connectivity index (χ2v) is 5.49. The molecule has 0 aliphatic carbocycles. The molecule has 2 aromatic rings. The zero-order valence-corrected chi connectivity index (χ0v) is 13.1. The van der Waals surface area contributed by atoms with Crippen molar-refractivity contribution in [2.45, 2.75) is 32.6 Å². The molecule has 0 saturated carbocycles. The first kappa shape index (κ1) is 16.0. The van der Waals surface area contributed by atoms with Crippen molar-refractivity contribution >= 4 is 5.91 Å². The smallest absolute Gasteiger partial charge is 0.220 e. The van der Waals surface area contributed by atoms with Crippen LogP contribution in [-0.2, 0) is 11.2 Å². The second-order valence-electron chi connectivity index (χ2n) is 5.49. The third-order valence-electron chi connectivity index (χ3n) is 3.42. The number of rotatable bonds is 7. The maximum Gasteiger partial charge on any atom is 0.220 e. The summed E-state index contributed by atoms with van der Waals surface area (Å²) in [6.45, 7) is 8.37. The highest BCUT2D eigenvalue weighted by molar-refractivity contribution is 5.76. The lowest BCUT2D eigenvalue weighted by Crippen LogP contribution is -2.23. The van der Waals surface area contributed by atoms with E-state index < -0.39 is 0 Å². The Bertz CT molecular complexity index is 627. The Morgan fingerprint density at radius 2 is 2.09 bits per heavy atom. The number of hydrogen-bond acceptors (Lipinski definition) is 3. The molecular weight excluding hydrogens is 276 g/mol. The van der Waals surface area contributed by atoms with Gasteiger partial charge in [-0.25, -0.2) is 4.98 Å². The quantitative estimate of drug-likeness (QED) is 0.793. The van der Waals surface area contributed by atoms with Crippen LogP contribution in [-0.4, -0.2) is 17.4 Å². The van der Waals surface area contributed by atoms with Gasteiger partial charge >= 0.3 is 0 Å². The molecule has 0 atom stereocenters. The van der Waals surface area contributed by atoms with Crippen LogP contribution in [0.5, 0.6) is 0 Å². The summed E-state index contributed by atoms with van der Waals surface area (Å²) in [5, 5.41) is 2.73. The molecule has 1 aromatic carbocycles.